The van der Waals surface area contributed by atoms with Gasteiger partial charge in [0, 0.05) is 29.1 Å². The van der Waals surface area contributed by atoms with E-state index in [0.29, 0.717) is 17.0 Å². The molecule has 94 valence electrons. The largest absolute Gasteiger partial charge is 0.360 e. The minimum Gasteiger partial charge on any atom is -0.360 e. The maximum Gasteiger partial charge on any atom is 0.169 e. The third kappa shape index (κ3) is 2.27. The fraction of sp³-hybridized carbons (Fsp3) is 0.0625. The summed E-state index contributed by atoms with van der Waals surface area (Å²) >= 11 is 6.18. The van der Waals surface area contributed by atoms with Crippen LogP contribution >= 0.6 is 11.6 Å². The zero-order valence-electron chi connectivity index (χ0n) is 10.2. The van der Waals surface area contributed by atoms with E-state index >= 15 is 0 Å². The summed E-state index contributed by atoms with van der Waals surface area (Å²) in [7, 11) is 0. The first-order chi connectivity index (χ1) is 9.25. The van der Waals surface area contributed by atoms with Crippen LogP contribution in [0.15, 0.2) is 54.7 Å². The SMILES string of the molecule is O=C(Cc1ccccc1)c1c[nH]c2cccc(Cl)c12. The van der Waals surface area contributed by atoms with Gasteiger partial charge in [-0.1, -0.05) is 48.0 Å². The number of aromatic nitrogens is 1. The summed E-state index contributed by atoms with van der Waals surface area (Å²) in [5.41, 5.74) is 2.56. The summed E-state index contributed by atoms with van der Waals surface area (Å²) in [6, 6.07) is 15.3. The van der Waals surface area contributed by atoms with Gasteiger partial charge in [-0.2, -0.15) is 0 Å². The fourth-order valence-corrected chi connectivity index (χ4v) is 2.51. The predicted molar refractivity (Wildman–Crippen MR) is 77.8 cm³/mol. The number of carbonyl (C=O) groups is 1. The Bertz CT molecular complexity index is 731. The molecule has 0 aliphatic rings. The number of fused-ring (bicyclic) bond motifs is 1. The number of aromatic amines is 1. The highest BCUT2D eigenvalue weighted by molar-refractivity contribution is 6.36. The second-order valence-electron chi connectivity index (χ2n) is 4.45. The number of hydrogen-bond acceptors (Lipinski definition) is 1. The molecule has 0 aliphatic heterocycles. The first kappa shape index (κ1) is 12.0. The van der Waals surface area contributed by atoms with E-state index < -0.39 is 0 Å². The van der Waals surface area contributed by atoms with Crippen molar-refractivity contribution >= 4 is 28.3 Å². The predicted octanol–water partition coefficient (Wildman–Crippen LogP) is 4.25. The summed E-state index contributed by atoms with van der Waals surface area (Å²) < 4.78 is 0. The minimum atomic E-state index is 0.0746. The van der Waals surface area contributed by atoms with E-state index in [-0.39, 0.29) is 5.78 Å². The topological polar surface area (TPSA) is 32.9 Å². The monoisotopic (exact) mass is 269 g/mol. The number of nitrogens with one attached hydrogen (secondary N) is 1. The van der Waals surface area contributed by atoms with Gasteiger partial charge in [0.05, 0.1) is 5.02 Å². The Hall–Kier alpha value is -2.06. The summed E-state index contributed by atoms with van der Waals surface area (Å²) in [5.74, 6) is 0.0746. The molecule has 0 fully saturated rings. The molecule has 0 saturated carbocycles. The lowest BCUT2D eigenvalue weighted by Crippen LogP contribution is -2.02. The first-order valence-corrected chi connectivity index (χ1v) is 6.46. The molecule has 3 heteroatoms. The van der Waals surface area contributed by atoms with Gasteiger partial charge < -0.3 is 4.98 Å². The van der Waals surface area contributed by atoms with E-state index in [0.717, 1.165) is 16.5 Å². The van der Waals surface area contributed by atoms with E-state index in [1.807, 2.05) is 42.5 Å². The van der Waals surface area contributed by atoms with Crippen LogP contribution in [0.1, 0.15) is 15.9 Å². The van der Waals surface area contributed by atoms with Gasteiger partial charge in [-0.15, -0.1) is 0 Å². The van der Waals surface area contributed by atoms with Crippen molar-refractivity contribution in [1.82, 2.24) is 4.98 Å². The Morgan fingerprint density at radius 3 is 2.63 bits per heavy atom. The van der Waals surface area contributed by atoms with Crippen LogP contribution in [-0.4, -0.2) is 10.8 Å². The van der Waals surface area contributed by atoms with E-state index in [1.54, 1.807) is 12.3 Å². The molecule has 0 amide bonds. The molecule has 0 unspecified atom stereocenters. The highest BCUT2D eigenvalue weighted by Crippen LogP contribution is 2.27. The summed E-state index contributed by atoms with van der Waals surface area (Å²) in [4.78, 5) is 15.5. The van der Waals surface area contributed by atoms with Crippen molar-refractivity contribution in [1.29, 1.82) is 0 Å². The number of rotatable bonds is 3. The maximum atomic E-state index is 12.4. The highest BCUT2D eigenvalue weighted by Gasteiger charge is 2.14. The van der Waals surface area contributed by atoms with Crippen LogP contribution in [0, 0.1) is 0 Å². The lowest BCUT2D eigenvalue weighted by Gasteiger charge is -2.01. The number of Topliss-reactive ketones (excluding diaryl/α,β-unsaturated/α-hetero) is 1. The van der Waals surface area contributed by atoms with E-state index in [9.17, 15) is 4.79 Å². The standard InChI is InChI=1S/C16H12ClNO/c17-13-7-4-8-14-16(13)12(10-18-14)15(19)9-11-5-2-1-3-6-11/h1-8,10,18H,9H2. The molecule has 1 aromatic heterocycles. The second kappa shape index (κ2) is 4.90. The smallest absolute Gasteiger partial charge is 0.169 e. The molecule has 0 saturated heterocycles. The summed E-state index contributed by atoms with van der Waals surface area (Å²) in [6.07, 6.45) is 2.13. The Labute approximate surface area is 116 Å². The number of hydrogen-bond donors (Lipinski definition) is 1. The van der Waals surface area contributed by atoms with Crippen molar-refractivity contribution in [3.05, 3.63) is 70.9 Å². The molecule has 3 rings (SSSR count). The lowest BCUT2D eigenvalue weighted by molar-refractivity contribution is 0.0994. The van der Waals surface area contributed by atoms with Crippen molar-refractivity contribution in [2.45, 2.75) is 6.42 Å². The molecule has 0 aliphatic carbocycles. The number of carbonyl (C=O) groups excluding carboxylic acids is 1. The average molecular weight is 270 g/mol. The van der Waals surface area contributed by atoms with Crippen LogP contribution in [0.2, 0.25) is 5.02 Å². The van der Waals surface area contributed by atoms with Gasteiger partial charge in [-0.3, -0.25) is 4.79 Å². The van der Waals surface area contributed by atoms with Gasteiger partial charge in [-0.05, 0) is 17.7 Å². The Balaban J connectivity index is 1.99. The Morgan fingerprint density at radius 2 is 1.84 bits per heavy atom. The molecular weight excluding hydrogens is 258 g/mol. The number of H-pyrrole nitrogens is 1. The van der Waals surface area contributed by atoms with Crippen LogP contribution < -0.4 is 0 Å². The number of ketones is 1. The molecule has 2 nitrogen and oxygen atoms in total. The maximum absolute atomic E-state index is 12.4. The molecule has 2 aromatic carbocycles. The summed E-state index contributed by atoms with van der Waals surface area (Å²) in [5, 5.41) is 1.42. The quantitative estimate of drug-likeness (QED) is 0.709. The molecule has 0 spiro atoms. The minimum absolute atomic E-state index is 0.0746. The molecule has 19 heavy (non-hydrogen) atoms. The lowest BCUT2D eigenvalue weighted by atomic mass is 10.0. The Morgan fingerprint density at radius 1 is 1.05 bits per heavy atom. The van der Waals surface area contributed by atoms with Gasteiger partial charge in [0.15, 0.2) is 5.78 Å². The van der Waals surface area contributed by atoms with Crippen molar-refractivity contribution < 1.29 is 4.79 Å². The normalized spacial score (nSPS) is 10.8. The van der Waals surface area contributed by atoms with Gasteiger partial charge in [-0.25, -0.2) is 0 Å². The van der Waals surface area contributed by atoms with Gasteiger partial charge in [0.25, 0.3) is 0 Å². The van der Waals surface area contributed by atoms with Crippen LogP contribution in [0.3, 0.4) is 0 Å². The molecule has 1 heterocycles. The molecule has 3 aromatic rings. The van der Waals surface area contributed by atoms with E-state index in [4.69, 9.17) is 11.6 Å². The van der Waals surface area contributed by atoms with Crippen LogP contribution in [0.5, 0.6) is 0 Å². The molecule has 0 radical (unpaired) electrons. The van der Waals surface area contributed by atoms with E-state index in [1.165, 1.54) is 0 Å². The third-order valence-corrected chi connectivity index (χ3v) is 3.48. The summed E-state index contributed by atoms with van der Waals surface area (Å²) in [6.45, 7) is 0. The number of halogens is 1. The first-order valence-electron chi connectivity index (χ1n) is 6.08. The van der Waals surface area contributed by atoms with Gasteiger partial charge >= 0.3 is 0 Å². The van der Waals surface area contributed by atoms with Crippen LogP contribution in [-0.2, 0) is 6.42 Å². The average Bonchev–Trinajstić information content (AvgIpc) is 2.85. The molecule has 0 atom stereocenters. The zero-order chi connectivity index (χ0) is 13.2. The second-order valence-corrected chi connectivity index (χ2v) is 4.86. The van der Waals surface area contributed by atoms with Gasteiger partial charge in [0.2, 0.25) is 0 Å². The van der Waals surface area contributed by atoms with Crippen LogP contribution in [0.25, 0.3) is 10.9 Å². The molecule has 0 bridgehead atoms. The van der Waals surface area contributed by atoms with Gasteiger partial charge in [0.1, 0.15) is 0 Å². The zero-order valence-corrected chi connectivity index (χ0v) is 10.9. The van der Waals surface area contributed by atoms with Crippen molar-refractivity contribution in [3.8, 4) is 0 Å². The van der Waals surface area contributed by atoms with Crippen LogP contribution in [0.4, 0.5) is 0 Å². The number of benzene rings is 2. The fourth-order valence-electron chi connectivity index (χ4n) is 2.24. The van der Waals surface area contributed by atoms with Crippen molar-refractivity contribution in [2.24, 2.45) is 0 Å². The Kier molecular flexibility index (Phi) is 3.10. The molecular formula is C16H12ClNO. The highest BCUT2D eigenvalue weighted by atomic mass is 35.5. The third-order valence-electron chi connectivity index (χ3n) is 3.16. The van der Waals surface area contributed by atoms with Crippen molar-refractivity contribution in [2.75, 3.05) is 0 Å². The molecule has 1 N–H and O–H groups in total. The van der Waals surface area contributed by atoms with E-state index in [2.05, 4.69) is 4.98 Å². The van der Waals surface area contributed by atoms with Crippen molar-refractivity contribution in [3.63, 3.8) is 0 Å².